The second kappa shape index (κ2) is 6.99. The third-order valence-electron chi connectivity index (χ3n) is 3.83. The van der Waals surface area contributed by atoms with E-state index < -0.39 is 32.0 Å². The van der Waals surface area contributed by atoms with E-state index in [0.717, 1.165) is 24.1 Å². The molecule has 1 heterocycles. The molecule has 0 aromatic heterocycles. The van der Waals surface area contributed by atoms with Gasteiger partial charge in [-0.2, -0.15) is 16.8 Å². The normalized spacial score (nSPS) is 15.8. The maximum atomic E-state index is 14.6. The van der Waals surface area contributed by atoms with Crippen LogP contribution >= 0.6 is 0 Å². The van der Waals surface area contributed by atoms with Crippen molar-refractivity contribution < 1.29 is 30.5 Å². The SMILES string of the molecule is Cc1ccc(OS(C)(=O)=O)c(Cc2ccc(N3C=C(O)NS3(=O)=O)c(F)c2)c1. The summed E-state index contributed by atoms with van der Waals surface area (Å²) in [4.78, 5) is 0. The van der Waals surface area contributed by atoms with Crippen molar-refractivity contribution in [1.82, 2.24) is 4.72 Å². The molecule has 0 saturated carbocycles. The Balaban J connectivity index is 1.93. The Kier molecular flexibility index (Phi) is 4.98. The Morgan fingerprint density at radius 2 is 1.93 bits per heavy atom. The molecular weight excluding hydrogens is 411 g/mol. The van der Waals surface area contributed by atoms with Gasteiger partial charge in [0.15, 0.2) is 0 Å². The van der Waals surface area contributed by atoms with Gasteiger partial charge < -0.3 is 9.29 Å². The number of aryl methyl sites for hydroxylation is 1. The van der Waals surface area contributed by atoms with E-state index in [4.69, 9.17) is 4.18 Å². The van der Waals surface area contributed by atoms with E-state index >= 15 is 0 Å². The van der Waals surface area contributed by atoms with Crippen LogP contribution in [0.1, 0.15) is 16.7 Å². The molecule has 0 aliphatic carbocycles. The summed E-state index contributed by atoms with van der Waals surface area (Å²) in [6.45, 7) is 1.82. The van der Waals surface area contributed by atoms with Crippen molar-refractivity contribution in [1.29, 1.82) is 0 Å². The molecule has 1 aliphatic rings. The van der Waals surface area contributed by atoms with Gasteiger partial charge in [-0.15, -0.1) is 0 Å². The number of nitrogens with zero attached hydrogens (tertiary/aromatic N) is 1. The molecule has 0 radical (unpaired) electrons. The van der Waals surface area contributed by atoms with Crippen molar-refractivity contribution >= 4 is 26.0 Å². The highest BCUT2D eigenvalue weighted by atomic mass is 32.2. The smallest absolute Gasteiger partial charge is 0.330 e. The predicted molar refractivity (Wildman–Crippen MR) is 101 cm³/mol. The number of halogens is 1. The van der Waals surface area contributed by atoms with Gasteiger partial charge in [-0.1, -0.05) is 23.8 Å². The number of hydrogen-bond donors (Lipinski definition) is 2. The van der Waals surface area contributed by atoms with Crippen LogP contribution in [0.3, 0.4) is 0 Å². The van der Waals surface area contributed by atoms with Crippen molar-refractivity contribution in [3.05, 3.63) is 71.0 Å². The number of nitrogens with one attached hydrogen (secondary N) is 1. The summed E-state index contributed by atoms with van der Waals surface area (Å²) in [5, 5.41) is 9.33. The average molecular weight is 428 g/mol. The van der Waals surface area contributed by atoms with Crippen LogP contribution in [0.5, 0.6) is 5.75 Å². The Hall–Kier alpha value is -2.79. The van der Waals surface area contributed by atoms with Crippen LogP contribution in [0.4, 0.5) is 10.1 Å². The number of aliphatic hydroxyl groups excluding tert-OH is 1. The second-order valence-electron chi connectivity index (χ2n) is 6.28. The number of rotatable bonds is 5. The van der Waals surface area contributed by atoms with E-state index in [1.54, 1.807) is 12.1 Å². The zero-order valence-electron chi connectivity index (χ0n) is 14.9. The monoisotopic (exact) mass is 428 g/mol. The maximum Gasteiger partial charge on any atom is 0.330 e. The molecule has 3 rings (SSSR count). The van der Waals surface area contributed by atoms with Gasteiger partial charge in [0.1, 0.15) is 11.6 Å². The van der Waals surface area contributed by atoms with Crippen LogP contribution in [-0.2, 0) is 26.7 Å². The van der Waals surface area contributed by atoms with E-state index in [1.807, 2.05) is 11.6 Å². The highest BCUT2D eigenvalue weighted by molar-refractivity contribution is 7.91. The van der Waals surface area contributed by atoms with Crippen LogP contribution in [0.15, 0.2) is 48.5 Å². The summed E-state index contributed by atoms with van der Waals surface area (Å²) in [5.41, 5.74) is 1.61. The third kappa shape index (κ3) is 4.37. The zero-order chi connectivity index (χ0) is 20.7. The van der Waals surface area contributed by atoms with Crippen molar-refractivity contribution in [2.75, 3.05) is 10.6 Å². The lowest BCUT2D eigenvalue weighted by molar-refractivity contribution is 0.392. The number of aliphatic hydroxyl groups is 1. The highest BCUT2D eigenvalue weighted by Gasteiger charge is 2.30. The highest BCUT2D eigenvalue weighted by Crippen LogP contribution is 2.29. The Bertz CT molecular complexity index is 1180. The Labute approximate surface area is 162 Å². The first kappa shape index (κ1) is 20.0. The first-order valence-electron chi connectivity index (χ1n) is 7.95. The minimum Gasteiger partial charge on any atom is -0.493 e. The number of hydrogen-bond acceptors (Lipinski definition) is 6. The van der Waals surface area contributed by atoms with E-state index in [-0.39, 0.29) is 17.9 Å². The second-order valence-corrected chi connectivity index (χ2v) is 9.40. The third-order valence-corrected chi connectivity index (χ3v) is 5.60. The van der Waals surface area contributed by atoms with Crippen molar-refractivity contribution in [2.45, 2.75) is 13.3 Å². The molecule has 0 spiro atoms. The Morgan fingerprint density at radius 3 is 2.50 bits per heavy atom. The summed E-state index contributed by atoms with van der Waals surface area (Å²) < 4.78 is 68.6. The summed E-state index contributed by atoms with van der Waals surface area (Å²) >= 11 is 0. The van der Waals surface area contributed by atoms with Gasteiger partial charge in [-0.05, 0) is 30.7 Å². The summed E-state index contributed by atoms with van der Waals surface area (Å²) in [6.07, 6.45) is 1.94. The van der Waals surface area contributed by atoms with E-state index in [0.29, 0.717) is 15.4 Å². The summed E-state index contributed by atoms with van der Waals surface area (Å²) in [6, 6.07) is 8.84. The van der Waals surface area contributed by atoms with Gasteiger partial charge in [0.2, 0.25) is 5.88 Å². The summed E-state index contributed by atoms with van der Waals surface area (Å²) in [7, 11) is -7.84. The molecule has 2 N–H and O–H groups in total. The molecule has 0 amide bonds. The van der Waals surface area contributed by atoms with Gasteiger partial charge in [0.05, 0.1) is 18.1 Å². The largest absolute Gasteiger partial charge is 0.493 e. The topological polar surface area (TPSA) is 113 Å². The molecule has 1 aliphatic heterocycles. The number of benzene rings is 2. The zero-order valence-corrected chi connectivity index (χ0v) is 16.5. The van der Waals surface area contributed by atoms with E-state index in [2.05, 4.69) is 0 Å². The van der Waals surface area contributed by atoms with Crippen LogP contribution < -0.4 is 13.2 Å². The quantitative estimate of drug-likeness (QED) is 0.705. The van der Waals surface area contributed by atoms with Crippen molar-refractivity contribution in [3.63, 3.8) is 0 Å². The van der Waals surface area contributed by atoms with E-state index in [1.165, 1.54) is 18.2 Å². The predicted octanol–water partition coefficient (Wildman–Crippen LogP) is 2.07. The standard InChI is InChI=1S/C17H17FN2O6S2/c1-11-3-6-16(26-27(2,22)23)13(7-11)8-12-4-5-15(14(18)9-12)20-10-17(21)19-28(20,24)25/h3-7,9-10,19,21H,8H2,1-2H3. The van der Waals surface area contributed by atoms with E-state index in [9.17, 15) is 26.3 Å². The molecule has 0 bridgehead atoms. The molecule has 2 aromatic rings. The fourth-order valence-electron chi connectivity index (χ4n) is 2.74. The lowest BCUT2D eigenvalue weighted by atomic mass is 10.0. The molecule has 8 nitrogen and oxygen atoms in total. The van der Waals surface area contributed by atoms with Gasteiger partial charge in [0.25, 0.3) is 0 Å². The van der Waals surface area contributed by atoms with Crippen molar-refractivity contribution in [3.8, 4) is 5.75 Å². The molecule has 28 heavy (non-hydrogen) atoms. The number of anilines is 1. The minimum atomic E-state index is -4.10. The average Bonchev–Trinajstić information content (AvgIpc) is 2.81. The molecule has 2 aromatic carbocycles. The first-order chi connectivity index (χ1) is 12.9. The molecule has 0 unspecified atom stereocenters. The van der Waals surface area contributed by atoms with Gasteiger partial charge in [-0.3, -0.25) is 0 Å². The van der Waals surface area contributed by atoms with Gasteiger partial charge in [0, 0.05) is 12.0 Å². The molecular formula is C17H17FN2O6S2. The lowest BCUT2D eigenvalue weighted by Gasteiger charge is -2.16. The van der Waals surface area contributed by atoms with Crippen molar-refractivity contribution in [2.24, 2.45) is 0 Å². The van der Waals surface area contributed by atoms with Crippen LogP contribution in [-0.4, -0.2) is 28.2 Å². The first-order valence-corrected chi connectivity index (χ1v) is 11.2. The Morgan fingerprint density at radius 1 is 1.21 bits per heavy atom. The minimum absolute atomic E-state index is 0.136. The van der Waals surface area contributed by atoms with Crippen LogP contribution in [0, 0.1) is 12.7 Å². The molecule has 0 atom stereocenters. The molecule has 11 heteroatoms. The van der Waals surface area contributed by atoms with Gasteiger partial charge >= 0.3 is 20.3 Å². The fraction of sp³-hybridized carbons (Fsp3) is 0.176. The van der Waals surface area contributed by atoms with Crippen LogP contribution in [0.25, 0.3) is 0 Å². The molecule has 0 saturated heterocycles. The van der Waals surface area contributed by atoms with Crippen LogP contribution in [0.2, 0.25) is 0 Å². The maximum absolute atomic E-state index is 14.6. The molecule has 150 valence electrons. The summed E-state index contributed by atoms with van der Waals surface area (Å²) in [5.74, 6) is -1.31. The lowest BCUT2D eigenvalue weighted by Crippen LogP contribution is -2.30. The molecule has 0 fully saturated rings. The van der Waals surface area contributed by atoms with Gasteiger partial charge in [-0.25, -0.2) is 13.4 Å². The fourth-order valence-corrected chi connectivity index (χ4v) is 4.29.